The predicted octanol–water partition coefficient (Wildman–Crippen LogP) is 5.07. The lowest BCUT2D eigenvalue weighted by Crippen LogP contribution is -2.71. The van der Waals surface area contributed by atoms with Gasteiger partial charge in [-0.05, 0) is 49.2 Å². The molecule has 0 saturated carbocycles. The number of hydrogen-bond donors (Lipinski definition) is 0. The van der Waals surface area contributed by atoms with E-state index >= 15 is 0 Å². The van der Waals surface area contributed by atoms with Crippen molar-refractivity contribution in [2.75, 3.05) is 37.7 Å². The maximum atomic E-state index is 13.8. The summed E-state index contributed by atoms with van der Waals surface area (Å²) >= 11 is 0. The van der Waals surface area contributed by atoms with Gasteiger partial charge in [0.15, 0.2) is 11.6 Å². The summed E-state index contributed by atoms with van der Waals surface area (Å²) < 4.78 is 29.5. The van der Waals surface area contributed by atoms with Crippen molar-refractivity contribution in [3.8, 4) is 0 Å². The van der Waals surface area contributed by atoms with E-state index in [9.17, 15) is 8.78 Å². The molecule has 2 fully saturated rings. The van der Waals surface area contributed by atoms with Gasteiger partial charge in [0.2, 0.25) is 0 Å². The van der Waals surface area contributed by atoms with Crippen LogP contribution in [0, 0.1) is 17.0 Å². The minimum Gasteiger partial charge on any atom is -0.396 e. The van der Waals surface area contributed by atoms with Crippen LogP contribution in [-0.4, -0.2) is 57.8 Å². The van der Waals surface area contributed by atoms with Gasteiger partial charge in [-0.3, -0.25) is 9.88 Å². The van der Waals surface area contributed by atoms with Gasteiger partial charge in [0.25, 0.3) is 0 Å². The number of imidazole rings is 1. The number of rotatable bonds is 9. The SMILES string of the molecule is CCCc1cnc2cc(N3CC4(CN(Cc5ccc(/C(=N/OCC)c6ccc(F)c(F)c6)nc5)C4)C3)ccn12. The van der Waals surface area contributed by atoms with Crippen molar-refractivity contribution in [3.63, 3.8) is 0 Å². The molecule has 0 N–H and O–H groups in total. The highest BCUT2D eigenvalue weighted by Crippen LogP contribution is 2.42. The minimum absolute atomic E-state index is 0.353. The third-order valence-corrected chi connectivity index (χ3v) is 7.57. The van der Waals surface area contributed by atoms with Crippen LogP contribution in [0.25, 0.3) is 5.65 Å². The van der Waals surface area contributed by atoms with Gasteiger partial charge >= 0.3 is 0 Å². The van der Waals surface area contributed by atoms with Crippen molar-refractivity contribution in [2.24, 2.45) is 10.6 Å². The molecule has 39 heavy (non-hydrogen) atoms. The molecule has 6 rings (SSSR count). The van der Waals surface area contributed by atoms with Crippen molar-refractivity contribution < 1.29 is 13.6 Å². The molecule has 0 aliphatic carbocycles. The van der Waals surface area contributed by atoms with Crippen LogP contribution in [-0.2, 0) is 17.8 Å². The smallest absolute Gasteiger partial charge is 0.159 e. The Morgan fingerprint density at radius 1 is 0.974 bits per heavy atom. The first-order valence-electron chi connectivity index (χ1n) is 13.5. The quantitative estimate of drug-likeness (QED) is 0.223. The van der Waals surface area contributed by atoms with Crippen LogP contribution in [0.3, 0.4) is 0 Å². The van der Waals surface area contributed by atoms with Gasteiger partial charge < -0.3 is 14.1 Å². The van der Waals surface area contributed by atoms with Gasteiger partial charge in [-0.1, -0.05) is 24.6 Å². The zero-order chi connectivity index (χ0) is 27.0. The Hall–Kier alpha value is -3.85. The number of halogens is 2. The first kappa shape index (κ1) is 25.4. The zero-order valence-electron chi connectivity index (χ0n) is 22.3. The molecule has 2 saturated heterocycles. The largest absolute Gasteiger partial charge is 0.396 e. The number of nitrogens with zero attached hydrogens (tertiary/aromatic N) is 6. The molecular weight excluding hydrogens is 498 g/mol. The number of likely N-dealkylation sites (tertiary alicyclic amines) is 1. The van der Waals surface area contributed by atoms with E-state index in [0.717, 1.165) is 68.9 Å². The number of pyridine rings is 2. The summed E-state index contributed by atoms with van der Waals surface area (Å²) in [4.78, 5) is 19.3. The van der Waals surface area contributed by atoms with Crippen LogP contribution in [0.4, 0.5) is 14.5 Å². The number of aromatic nitrogens is 3. The summed E-state index contributed by atoms with van der Waals surface area (Å²) in [5.74, 6) is -1.84. The first-order chi connectivity index (χ1) is 19.0. The number of hydrogen-bond acceptors (Lipinski definition) is 6. The molecule has 1 aromatic carbocycles. The van der Waals surface area contributed by atoms with Crippen molar-refractivity contribution in [1.29, 1.82) is 0 Å². The summed E-state index contributed by atoms with van der Waals surface area (Å²) in [5, 5.41) is 4.11. The Labute approximate surface area is 226 Å². The standard InChI is InChI=1S/C30H32F2N6O/c1-3-5-24-15-34-28-13-23(10-11-38(24)28)37-19-30(20-37)17-36(18-30)16-21-6-9-27(33-14-21)29(35-39-4-2)22-7-8-25(31)26(32)12-22/h6-15H,3-5,16-20H2,1-2H3/b35-29+. The second-order valence-electron chi connectivity index (χ2n) is 10.7. The number of aryl methyl sites for hydroxylation is 1. The second kappa shape index (κ2) is 10.4. The molecule has 0 amide bonds. The Morgan fingerprint density at radius 2 is 1.82 bits per heavy atom. The highest BCUT2D eigenvalue weighted by atomic mass is 19.2. The predicted molar refractivity (Wildman–Crippen MR) is 147 cm³/mol. The molecule has 9 heteroatoms. The van der Waals surface area contributed by atoms with Gasteiger partial charge in [0.05, 0.1) is 5.69 Å². The maximum absolute atomic E-state index is 13.8. The van der Waals surface area contributed by atoms with E-state index < -0.39 is 11.6 Å². The van der Waals surface area contributed by atoms with E-state index in [0.29, 0.717) is 29.0 Å². The van der Waals surface area contributed by atoms with Crippen LogP contribution >= 0.6 is 0 Å². The van der Waals surface area contributed by atoms with Crippen LogP contribution in [0.1, 0.15) is 42.8 Å². The van der Waals surface area contributed by atoms with Crippen molar-refractivity contribution >= 4 is 17.0 Å². The topological polar surface area (TPSA) is 58.3 Å². The average Bonchev–Trinajstić information content (AvgIpc) is 3.30. The molecule has 0 unspecified atom stereocenters. The number of anilines is 1. The molecule has 5 heterocycles. The third kappa shape index (κ3) is 4.98. The Bertz CT molecular complexity index is 1500. The number of benzene rings is 1. The molecule has 2 aliphatic rings. The zero-order valence-corrected chi connectivity index (χ0v) is 22.3. The summed E-state index contributed by atoms with van der Waals surface area (Å²) in [5.41, 5.74) is 6.30. The van der Waals surface area contributed by atoms with Gasteiger partial charge in [0, 0.05) is 79.7 Å². The Balaban J connectivity index is 1.05. The van der Waals surface area contributed by atoms with Crippen LogP contribution in [0.15, 0.2) is 66.2 Å². The summed E-state index contributed by atoms with van der Waals surface area (Å²) in [7, 11) is 0. The molecule has 0 radical (unpaired) electrons. The molecule has 0 atom stereocenters. The Kier molecular flexibility index (Phi) is 6.76. The van der Waals surface area contributed by atoms with Crippen LogP contribution in [0.5, 0.6) is 0 Å². The van der Waals surface area contributed by atoms with E-state index in [-0.39, 0.29) is 0 Å². The molecule has 2 aliphatic heterocycles. The molecule has 1 spiro atoms. The third-order valence-electron chi connectivity index (χ3n) is 7.57. The minimum atomic E-state index is -0.933. The molecule has 4 aromatic rings. The Morgan fingerprint density at radius 3 is 2.54 bits per heavy atom. The normalized spacial score (nSPS) is 16.9. The maximum Gasteiger partial charge on any atom is 0.159 e. The summed E-state index contributed by atoms with van der Waals surface area (Å²) in [6.45, 7) is 9.41. The summed E-state index contributed by atoms with van der Waals surface area (Å²) in [6.07, 6.45) is 8.11. The lowest BCUT2D eigenvalue weighted by atomic mass is 9.72. The monoisotopic (exact) mass is 530 g/mol. The highest BCUT2D eigenvalue weighted by Gasteiger charge is 2.51. The lowest BCUT2D eigenvalue weighted by Gasteiger charge is -2.61. The summed E-state index contributed by atoms with van der Waals surface area (Å²) in [6, 6.07) is 11.9. The van der Waals surface area contributed by atoms with Crippen LogP contribution < -0.4 is 4.90 Å². The van der Waals surface area contributed by atoms with E-state index in [4.69, 9.17) is 4.84 Å². The fourth-order valence-electron chi connectivity index (χ4n) is 5.76. The average molecular weight is 531 g/mol. The fraction of sp³-hybridized carbons (Fsp3) is 0.367. The van der Waals surface area contributed by atoms with Gasteiger partial charge in [-0.25, -0.2) is 13.8 Å². The molecule has 202 valence electrons. The van der Waals surface area contributed by atoms with Crippen LogP contribution in [0.2, 0.25) is 0 Å². The molecule has 3 aromatic heterocycles. The first-order valence-corrected chi connectivity index (χ1v) is 13.5. The fourth-order valence-corrected chi connectivity index (χ4v) is 5.76. The van der Waals surface area contributed by atoms with Crippen molar-refractivity contribution in [3.05, 3.63) is 95.2 Å². The van der Waals surface area contributed by atoms with E-state index in [1.807, 2.05) is 31.5 Å². The van der Waals surface area contributed by atoms with Gasteiger partial charge in [0.1, 0.15) is 18.0 Å². The van der Waals surface area contributed by atoms with Gasteiger partial charge in [-0.15, -0.1) is 0 Å². The molecular formula is C30H32F2N6O. The van der Waals surface area contributed by atoms with E-state index in [1.165, 1.54) is 17.4 Å². The molecule has 7 nitrogen and oxygen atoms in total. The number of fused-ring (bicyclic) bond motifs is 1. The van der Waals surface area contributed by atoms with Crippen molar-refractivity contribution in [2.45, 2.75) is 33.2 Å². The lowest BCUT2D eigenvalue weighted by molar-refractivity contribution is -0.0273. The van der Waals surface area contributed by atoms with E-state index in [2.05, 4.69) is 54.6 Å². The number of oxime groups is 1. The molecule has 0 bridgehead atoms. The second-order valence-corrected chi connectivity index (χ2v) is 10.7. The van der Waals surface area contributed by atoms with Crippen molar-refractivity contribution in [1.82, 2.24) is 19.3 Å². The van der Waals surface area contributed by atoms with Gasteiger partial charge in [-0.2, -0.15) is 0 Å². The van der Waals surface area contributed by atoms with E-state index in [1.54, 1.807) is 0 Å². The highest BCUT2D eigenvalue weighted by molar-refractivity contribution is 6.11.